The van der Waals surface area contributed by atoms with Crippen molar-refractivity contribution in [1.82, 2.24) is 5.32 Å². The summed E-state index contributed by atoms with van der Waals surface area (Å²) in [6.07, 6.45) is 0.536. The van der Waals surface area contributed by atoms with E-state index in [1.165, 1.54) is 5.56 Å². The number of benzene rings is 1. The van der Waals surface area contributed by atoms with E-state index in [1.807, 2.05) is 13.8 Å². The molecule has 0 unspecified atom stereocenters. The zero-order valence-electron chi connectivity index (χ0n) is 10.6. The van der Waals surface area contributed by atoms with E-state index in [-0.39, 0.29) is 11.9 Å². The fourth-order valence-corrected chi connectivity index (χ4v) is 1.60. The van der Waals surface area contributed by atoms with Gasteiger partial charge in [0, 0.05) is 6.42 Å². The summed E-state index contributed by atoms with van der Waals surface area (Å²) >= 11 is 0. The third-order valence-corrected chi connectivity index (χ3v) is 2.80. The van der Waals surface area contributed by atoms with Crippen molar-refractivity contribution in [3.05, 3.63) is 35.4 Å². The Labute approximate surface area is 98.1 Å². The Morgan fingerprint density at radius 3 is 2.06 bits per heavy atom. The number of carbonyl (C=O) groups excluding carboxylic acids is 1. The van der Waals surface area contributed by atoms with Crippen LogP contribution in [0.3, 0.4) is 0 Å². The maximum absolute atomic E-state index is 11.3. The summed E-state index contributed by atoms with van der Waals surface area (Å²) < 4.78 is 0. The van der Waals surface area contributed by atoms with Gasteiger partial charge in [-0.05, 0) is 24.0 Å². The zero-order valence-corrected chi connectivity index (χ0v) is 10.6. The Hall–Kier alpha value is -1.31. The van der Waals surface area contributed by atoms with Gasteiger partial charge in [-0.15, -0.1) is 0 Å². The molecule has 16 heavy (non-hydrogen) atoms. The summed E-state index contributed by atoms with van der Waals surface area (Å²) in [4.78, 5) is 11.3. The minimum Gasteiger partial charge on any atom is -0.350 e. The van der Waals surface area contributed by atoms with Crippen molar-refractivity contribution in [1.29, 1.82) is 0 Å². The lowest BCUT2D eigenvalue weighted by molar-refractivity contribution is -0.121. The minimum absolute atomic E-state index is 0.0914. The van der Waals surface area contributed by atoms with Gasteiger partial charge in [-0.1, -0.05) is 45.0 Å². The molecule has 1 atom stereocenters. The third kappa shape index (κ3) is 3.37. The Balaban J connectivity index is 2.70. The third-order valence-electron chi connectivity index (χ3n) is 2.80. The van der Waals surface area contributed by atoms with Gasteiger partial charge in [0.25, 0.3) is 0 Å². The Bertz CT molecular complexity index is 340. The number of nitrogens with one attached hydrogen (secondary N) is 1. The number of carbonyl (C=O) groups is 1. The normalized spacial score (nSPS) is 12.6. The summed E-state index contributed by atoms with van der Waals surface area (Å²) in [6.45, 7) is 8.23. The maximum Gasteiger partial charge on any atom is 0.220 e. The first kappa shape index (κ1) is 12.8. The lowest BCUT2D eigenvalue weighted by Gasteiger charge is -2.15. The van der Waals surface area contributed by atoms with E-state index in [0.29, 0.717) is 12.3 Å². The average Bonchev–Trinajstić information content (AvgIpc) is 2.28. The van der Waals surface area contributed by atoms with E-state index >= 15 is 0 Å². The van der Waals surface area contributed by atoms with Gasteiger partial charge in [0.2, 0.25) is 5.91 Å². The van der Waals surface area contributed by atoms with Crippen LogP contribution in [0.15, 0.2) is 24.3 Å². The lowest BCUT2D eigenvalue weighted by atomic mass is 9.99. The molecule has 0 bridgehead atoms. The second-order valence-electron chi connectivity index (χ2n) is 4.46. The van der Waals surface area contributed by atoms with Crippen LogP contribution in [0.25, 0.3) is 0 Å². The Morgan fingerprint density at radius 1 is 1.12 bits per heavy atom. The SMILES string of the molecule is CCC(=O)N[C@H](C)c1ccc(C(C)C)cc1. The van der Waals surface area contributed by atoms with Crippen LogP contribution < -0.4 is 5.32 Å². The van der Waals surface area contributed by atoms with Crippen LogP contribution >= 0.6 is 0 Å². The van der Waals surface area contributed by atoms with Gasteiger partial charge in [-0.2, -0.15) is 0 Å². The van der Waals surface area contributed by atoms with Crippen LogP contribution in [0.4, 0.5) is 0 Å². The number of amides is 1. The maximum atomic E-state index is 11.3. The fraction of sp³-hybridized carbons (Fsp3) is 0.500. The van der Waals surface area contributed by atoms with Crippen molar-refractivity contribution in [2.24, 2.45) is 0 Å². The van der Waals surface area contributed by atoms with Crippen molar-refractivity contribution in [3.8, 4) is 0 Å². The molecule has 1 amide bonds. The number of rotatable bonds is 4. The Kier molecular flexibility index (Phi) is 4.53. The van der Waals surface area contributed by atoms with Crippen molar-refractivity contribution in [2.75, 3.05) is 0 Å². The van der Waals surface area contributed by atoms with E-state index in [0.717, 1.165) is 5.56 Å². The average molecular weight is 219 g/mol. The highest BCUT2D eigenvalue weighted by atomic mass is 16.1. The standard InChI is InChI=1S/C14H21NO/c1-5-14(16)15-11(4)13-8-6-12(7-9-13)10(2)3/h6-11H,5H2,1-4H3,(H,15,16)/t11-/m1/s1. The molecule has 2 heteroatoms. The van der Waals surface area contributed by atoms with Crippen molar-refractivity contribution in [3.63, 3.8) is 0 Å². The van der Waals surface area contributed by atoms with Gasteiger partial charge in [0.05, 0.1) is 6.04 Å². The first-order valence-corrected chi connectivity index (χ1v) is 5.93. The summed E-state index contributed by atoms with van der Waals surface area (Å²) in [5.41, 5.74) is 2.49. The van der Waals surface area contributed by atoms with Crippen LogP contribution in [0.2, 0.25) is 0 Å². The smallest absolute Gasteiger partial charge is 0.220 e. The molecule has 2 nitrogen and oxygen atoms in total. The van der Waals surface area contributed by atoms with E-state index in [4.69, 9.17) is 0 Å². The van der Waals surface area contributed by atoms with Crippen LogP contribution in [0.5, 0.6) is 0 Å². The largest absolute Gasteiger partial charge is 0.350 e. The molecule has 88 valence electrons. The molecule has 0 aromatic heterocycles. The molecular formula is C14H21NO. The van der Waals surface area contributed by atoms with Crippen LogP contribution in [0, 0.1) is 0 Å². The van der Waals surface area contributed by atoms with Crippen molar-refractivity contribution < 1.29 is 4.79 Å². The fourth-order valence-electron chi connectivity index (χ4n) is 1.60. The molecule has 0 radical (unpaired) electrons. The van der Waals surface area contributed by atoms with E-state index in [2.05, 4.69) is 43.4 Å². The molecule has 0 aliphatic carbocycles. The second kappa shape index (κ2) is 5.69. The molecule has 0 fully saturated rings. The van der Waals surface area contributed by atoms with Crippen molar-refractivity contribution in [2.45, 2.75) is 46.1 Å². The summed E-state index contributed by atoms with van der Waals surface area (Å²) in [6, 6.07) is 8.54. The monoisotopic (exact) mass is 219 g/mol. The predicted octanol–water partition coefficient (Wildman–Crippen LogP) is 3.40. The molecule has 0 saturated heterocycles. The topological polar surface area (TPSA) is 29.1 Å². The first-order valence-electron chi connectivity index (χ1n) is 5.93. The molecule has 1 aromatic rings. The molecule has 1 rings (SSSR count). The van der Waals surface area contributed by atoms with E-state index in [9.17, 15) is 4.79 Å². The summed E-state index contributed by atoms with van der Waals surface area (Å²) in [7, 11) is 0. The molecule has 0 aliphatic rings. The molecule has 0 spiro atoms. The second-order valence-corrected chi connectivity index (χ2v) is 4.46. The van der Waals surface area contributed by atoms with E-state index < -0.39 is 0 Å². The Morgan fingerprint density at radius 2 is 1.62 bits per heavy atom. The van der Waals surface area contributed by atoms with Crippen molar-refractivity contribution >= 4 is 5.91 Å². The summed E-state index contributed by atoms with van der Waals surface area (Å²) in [5.74, 6) is 0.648. The zero-order chi connectivity index (χ0) is 12.1. The van der Waals surface area contributed by atoms with Gasteiger partial charge in [-0.3, -0.25) is 4.79 Å². The molecular weight excluding hydrogens is 198 g/mol. The van der Waals surface area contributed by atoms with Crippen LogP contribution in [0.1, 0.15) is 57.2 Å². The van der Waals surface area contributed by atoms with Gasteiger partial charge >= 0.3 is 0 Å². The van der Waals surface area contributed by atoms with Gasteiger partial charge in [0.15, 0.2) is 0 Å². The number of hydrogen-bond acceptors (Lipinski definition) is 1. The first-order chi connectivity index (χ1) is 7.54. The molecule has 1 aromatic carbocycles. The molecule has 0 saturated carbocycles. The highest BCUT2D eigenvalue weighted by molar-refractivity contribution is 5.75. The van der Waals surface area contributed by atoms with Crippen LogP contribution in [-0.2, 0) is 4.79 Å². The highest BCUT2D eigenvalue weighted by Crippen LogP contribution is 2.18. The van der Waals surface area contributed by atoms with Gasteiger partial charge in [-0.25, -0.2) is 0 Å². The number of hydrogen-bond donors (Lipinski definition) is 1. The van der Waals surface area contributed by atoms with Gasteiger partial charge < -0.3 is 5.32 Å². The lowest BCUT2D eigenvalue weighted by Crippen LogP contribution is -2.25. The van der Waals surface area contributed by atoms with Crippen LogP contribution in [-0.4, -0.2) is 5.91 Å². The van der Waals surface area contributed by atoms with E-state index in [1.54, 1.807) is 0 Å². The highest BCUT2D eigenvalue weighted by Gasteiger charge is 2.08. The molecule has 0 heterocycles. The minimum atomic E-state index is 0.0914. The predicted molar refractivity (Wildman–Crippen MR) is 67.4 cm³/mol. The quantitative estimate of drug-likeness (QED) is 0.826. The molecule has 0 aliphatic heterocycles. The van der Waals surface area contributed by atoms with Gasteiger partial charge in [0.1, 0.15) is 0 Å². The summed E-state index contributed by atoms with van der Waals surface area (Å²) in [5, 5.41) is 2.96. The molecule has 1 N–H and O–H groups in total.